The third-order valence-electron chi connectivity index (χ3n) is 4.70. The van der Waals surface area contributed by atoms with Gasteiger partial charge in [-0.3, -0.25) is 0 Å². The molecule has 16 heteroatoms. The van der Waals surface area contributed by atoms with Crippen molar-refractivity contribution in [1.29, 1.82) is 0 Å². The summed E-state index contributed by atoms with van der Waals surface area (Å²) in [5.74, 6) is 0. The summed E-state index contributed by atoms with van der Waals surface area (Å²) in [4.78, 5) is 7.80. The van der Waals surface area contributed by atoms with Gasteiger partial charge in [-0.15, -0.1) is 16.4 Å². The monoisotopic (exact) mass is 587 g/mol. The standard InChI is InChI=1S/C17H14BrClF3N5O4S2/c18-7-1-6(2-23-14(7)17(20,21)22)33-16-13(30)11(12(29)9(4-28)31-16)27-3-8(25-26-27)15-24-10(19)5-32-15/h1-3,5,9,11-13,16,28-30H,4H2/t9-,11+,12+,13-,16-/m1/s1. The van der Waals surface area contributed by atoms with Gasteiger partial charge in [0.2, 0.25) is 0 Å². The van der Waals surface area contributed by atoms with E-state index in [0.29, 0.717) is 10.7 Å². The number of aliphatic hydroxyl groups is 3. The van der Waals surface area contributed by atoms with Crippen molar-refractivity contribution in [3.8, 4) is 10.7 Å². The van der Waals surface area contributed by atoms with Crippen LogP contribution in [0.25, 0.3) is 10.7 Å². The van der Waals surface area contributed by atoms with E-state index in [4.69, 9.17) is 16.3 Å². The first-order chi connectivity index (χ1) is 15.6. The van der Waals surface area contributed by atoms with E-state index in [-0.39, 0.29) is 14.5 Å². The van der Waals surface area contributed by atoms with Gasteiger partial charge in [0.25, 0.3) is 0 Å². The fourth-order valence-electron chi connectivity index (χ4n) is 3.20. The fraction of sp³-hybridized carbons (Fsp3) is 0.412. The highest BCUT2D eigenvalue weighted by atomic mass is 79.9. The van der Waals surface area contributed by atoms with Crippen molar-refractivity contribution in [1.82, 2.24) is 25.0 Å². The molecule has 0 bridgehead atoms. The van der Waals surface area contributed by atoms with Crippen molar-refractivity contribution in [2.24, 2.45) is 0 Å². The van der Waals surface area contributed by atoms with E-state index in [0.717, 1.165) is 18.0 Å². The minimum Gasteiger partial charge on any atom is -0.394 e. The Morgan fingerprint density at radius 1 is 1.30 bits per heavy atom. The number of hydrogen-bond acceptors (Lipinski definition) is 10. The predicted octanol–water partition coefficient (Wildman–Crippen LogP) is 3.00. The van der Waals surface area contributed by atoms with Gasteiger partial charge in [0.1, 0.15) is 45.6 Å². The maximum atomic E-state index is 13.0. The van der Waals surface area contributed by atoms with Gasteiger partial charge in [-0.2, -0.15) is 13.2 Å². The van der Waals surface area contributed by atoms with E-state index in [1.165, 1.54) is 28.3 Å². The lowest BCUT2D eigenvalue weighted by molar-refractivity contribution is -0.178. The summed E-state index contributed by atoms with van der Waals surface area (Å²) in [6.07, 6.45) is -5.99. The first kappa shape index (κ1) is 24.8. The number of pyridine rings is 1. The molecular weight excluding hydrogens is 575 g/mol. The number of halogens is 5. The summed E-state index contributed by atoms with van der Waals surface area (Å²) in [6, 6.07) is 0.126. The highest BCUT2D eigenvalue weighted by Crippen LogP contribution is 2.40. The molecule has 5 atom stereocenters. The number of thioether (sulfide) groups is 1. The molecule has 178 valence electrons. The Balaban J connectivity index is 1.59. The molecule has 0 saturated carbocycles. The second-order valence-electron chi connectivity index (χ2n) is 6.87. The summed E-state index contributed by atoms with van der Waals surface area (Å²) in [5.41, 5.74) is -1.79. The van der Waals surface area contributed by atoms with Crippen LogP contribution in [-0.4, -0.2) is 70.6 Å². The molecule has 4 rings (SSSR count). The average Bonchev–Trinajstić information content (AvgIpc) is 3.38. The Bertz CT molecular complexity index is 1140. The molecule has 1 aliphatic rings. The zero-order valence-corrected chi connectivity index (χ0v) is 20.1. The quantitative estimate of drug-likeness (QED) is 0.412. The van der Waals surface area contributed by atoms with Crippen LogP contribution >= 0.6 is 50.6 Å². The molecule has 0 amide bonds. The van der Waals surface area contributed by atoms with Gasteiger partial charge < -0.3 is 20.1 Å². The molecule has 1 saturated heterocycles. The van der Waals surface area contributed by atoms with Gasteiger partial charge in [-0.05, 0) is 22.0 Å². The summed E-state index contributed by atoms with van der Waals surface area (Å²) < 4.78 is 45.4. The van der Waals surface area contributed by atoms with Gasteiger partial charge in [-0.25, -0.2) is 14.6 Å². The number of hydrogen-bond donors (Lipinski definition) is 3. The van der Waals surface area contributed by atoms with Crippen molar-refractivity contribution >= 4 is 50.6 Å². The van der Waals surface area contributed by atoms with Gasteiger partial charge in [0, 0.05) is 20.9 Å². The first-order valence-electron chi connectivity index (χ1n) is 9.13. The lowest BCUT2D eigenvalue weighted by atomic mass is 9.97. The number of alkyl halides is 3. The van der Waals surface area contributed by atoms with Crippen LogP contribution in [0.5, 0.6) is 0 Å². The molecule has 1 fully saturated rings. The zero-order chi connectivity index (χ0) is 23.9. The van der Waals surface area contributed by atoms with E-state index >= 15 is 0 Å². The molecule has 3 aromatic heterocycles. The van der Waals surface area contributed by atoms with Gasteiger partial charge >= 0.3 is 6.18 Å². The average molecular weight is 589 g/mol. The van der Waals surface area contributed by atoms with E-state index in [1.54, 1.807) is 5.38 Å². The number of aromatic nitrogens is 5. The van der Waals surface area contributed by atoms with E-state index < -0.39 is 48.3 Å². The third-order valence-corrected chi connectivity index (χ3v) is 7.61. The van der Waals surface area contributed by atoms with Crippen LogP contribution in [0.2, 0.25) is 5.15 Å². The fourth-order valence-corrected chi connectivity index (χ4v) is 5.88. The Hall–Kier alpha value is -1.33. The van der Waals surface area contributed by atoms with Crippen molar-refractivity contribution < 1.29 is 33.2 Å². The molecule has 0 radical (unpaired) electrons. The van der Waals surface area contributed by atoms with Crippen molar-refractivity contribution in [2.45, 2.75) is 40.9 Å². The number of aliphatic hydroxyl groups excluding tert-OH is 3. The molecular formula is C17H14BrClF3N5O4S2. The molecule has 0 aliphatic carbocycles. The first-order valence-corrected chi connectivity index (χ1v) is 12.1. The van der Waals surface area contributed by atoms with Gasteiger partial charge in [0.05, 0.1) is 12.8 Å². The summed E-state index contributed by atoms with van der Waals surface area (Å²) in [6.45, 7) is -0.569. The minimum absolute atomic E-state index is 0.266. The second kappa shape index (κ2) is 9.73. The van der Waals surface area contributed by atoms with Crippen LogP contribution in [-0.2, 0) is 10.9 Å². The second-order valence-corrected chi connectivity index (χ2v) is 10.1. The number of ether oxygens (including phenoxy) is 1. The van der Waals surface area contributed by atoms with E-state index in [9.17, 15) is 28.5 Å². The topological polar surface area (TPSA) is 126 Å². The van der Waals surface area contributed by atoms with Crippen molar-refractivity contribution in [3.63, 3.8) is 0 Å². The Kier molecular flexibility index (Phi) is 7.31. The lowest BCUT2D eigenvalue weighted by Crippen LogP contribution is -2.55. The van der Waals surface area contributed by atoms with Crippen LogP contribution < -0.4 is 0 Å². The Morgan fingerprint density at radius 2 is 2.06 bits per heavy atom. The van der Waals surface area contributed by atoms with Gasteiger partial charge in [0.15, 0.2) is 5.69 Å². The molecule has 3 aromatic rings. The zero-order valence-electron chi connectivity index (χ0n) is 16.1. The van der Waals surface area contributed by atoms with Crippen LogP contribution in [0.4, 0.5) is 13.2 Å². The predicted molar refractivity (Wildman–Crippen MR) is 116 cm³/mol. The highest BCUT2D eigenvalue weighted by molar-refractivity contribution is 9.10. The van der Waals surface area contributed by atoms with Crippen LogP contribution in [0.1, 0.15) is 11.7 Å². The van der Waals surface area contributed by atoms with E-state index in [2.05, 4.69) is 36.2 Å². The molecule has 1 aliphatic heterocycles. The molecule has 33 heavy (non-hydrogen) atoms. The number of thiazole rings is 1. The minimum atomic E-state index is -4.63. The van der Waals surface area contributed by atoms with Gasteiger partial charge in [-0.1, -0.05) is 28.6 Å². The Labute approximate surface area is 205 Å². The highest BCUT2D eigenvalue weighted by Gasteiger charge is 2.46. The van der Waals surface area contributed by atoms with Crippen LogP contribution in [0, 0.1) is 0 Å². The van der Waals surface area contributed by atoms with Crippen LogP contribution in [0.15, 0.2) is 33.2 Å². The maximum absolute atomic E-state index is 13.0. The SMILES string of the molecule is OC[C@H]1O[C@H](Sc2cnc(C(F)(F)F)c(Br)c2)[C@H](O)[C@@H](n2cc(-c3nc(Cl)cs3)nn2)[C@H]1O. The van der Waals surface area contributed by atoms with Crippen LogP contribution in [0.3, 0.4) is 0 Å². The molecule has 0 unspecified atom stereocenters. The third kappa shape index (κ3) is 5.19. The molecule has 3 N–H and O–H groups in total. The summed E-state index contributed by atoms with van der Waals surface area (Å²) in [5, 5.41) is 41.6. The Morgan fingerprint density at radius 3 is 2.67 bits per heavy atom. The van der Waals surface area contributed by atoms with Crippen molar-refractivity contribution in [2.75, 3.05) is 6.61 Å². The smallest absolute Gasteiger partial charge is 0.394 e. The number of rotatable bonds is 5. The molecule has 0 aromatic carbocycles. The summed E-state index contributed by atoms with van der Waals surface area (Å²) >= 11 is 10.8. The molecule has 0 spiro atoms. The normalized spacial score (nSPS) is 26.0. The largest absolute Gasteiger partial charge is 0.434 e. The molecule has 9 nitrogen and oxygen atoms in total. The molecule has 4 heterocycles. The maximum Gasteiger partial charge on any atom is 0.434 e. The number of nitrogens with zero attached hydrogens (tertiary/aromatic N) is 5. The van der Waals surface area contributed by atoms with Crippen molar-refractivity contribution in [3.05, 3.63) is 39.2 Å². The summed E-state index contributed by atoms with van der Waals surface area (Å²) in [7, 11) is 0. The lowest BCUT2D eigenvalue weighted by Gasteiger charge is -2.41. The van der Waals surface area contributed by atoms with E-state index in [1.807, 2.05) is 0 Å².